The van der Waals surface area contributed by atoms with Gasteiger partial charge in [0.15, 0.2) is 0 Å². The van der Waals surface area contributed by atoms with Crippen LogP contribution in [0.5, 0.6) is 0 Å². The fraction of sp³-hybridized carbons (Fsp3) is 0.143. The number of aromatic nitrogens is 1. The summed E-state index contributed by atoms with van der Waals surface area (Å²) in [6.07, 6.45) is -3.89. The molecule has 2 N–H and O–H groups in total. The molecule has 0 saturated carbocycles. The van der Waals surface area contributed by atoms with Crippen LogP contribution in [0.2, 0.25) is 5.02 Å². The van der Waals surface area contributed by atoms with E-state index in [4.69, 9.17) is 26.8 Å². The molecule has 0 spiro atoms. The maximum Gasteiger partial charge on any atom is 0.417 e. The number of nitriles is 1. The highest BCUT2D eigenvalue weighted by Gasteiger charge is 2.43. The Balaban J connectivity index is 1.80. The average molecular weight is 601 g/mol. The number of hydrogen-bond acceptors (Lipinski definition) is 9. The Hall–Kier alpha value is -4.47. The van der Waals surface area contributed by atoms with Crippen molar-refractivity contribution in [3.8, 4) is 6.07 Å². The van der Waals surface area contributed by atoms with E-state index in [1.165, 1.54) is 4.90 Å². The number of carbonyl (C=O) groups excluding carboxylic acids is 2. The molecule has 1 atom stereocenters. The summed E-state index contributed by atoms with van der Waals surface area (Å²) >= 11 is 7.05. The van der Waals surface area contributed by atoms with E-state index in [-0.39, 0.29) is 32.7 Å². The van der Waals surface area contributed by atoms with Gasteiger partial charge in [-0.1, -0.05) is 53.7 Å². The molecule has 41 heavy (non-hydrogen) atoms. The molecule has 0 fully saturated rings. The highest BCUT2D eigenvalue weighted by atomic mass is 35.5. The summed E-state index contributed by atoms with van der Waals surface area (Å²) < 4.78 is 48.9. The largest absolute Gasteiger partial charge is 0.466 e. The normalized spacial score (nSPS) is 15.4. The zero-order valence-electron chi connectivity index (χ0n) is 21.4. The molecular weight excluding hydrogens is 581 g/mol. The number of ether oxygens (including phenoxy) is 2. The summed E-state index contributed by atoms with van der Waals surface area (Å²) in [5, 5.41) is 10.1. The van der Waals surface area contributed by atoms with E-state index in [1.807, 2.05) is 0 Å². The number of rotatable bonds is 6. The monoisotopic (exact) mass is 600 g/mol. The summed E-state index contributed by atoms with van der Waals surface area (Å²) in [5.74, 6) is -2.88. The quantitative estimate of drug-likeness (QED) is 0.350. The summed E-state index contributed by atoms with van der Waals surface area (Å²) in [6, 6.07) is 17.7. The number of methoxy groups -OCH3 is 2. The molecule has 1 unspecified atom stereocenters. The van der Waals surface area contributed by atoms with Gasteiger partial charge in [-0.25, -0.2) is 14.6 Å². The first-order valence-electron chi connectivity index (χ1n) is 11.7. The van der Waals surface area contributed by atoms with Crippen molar-refractivity contribution in [3.63, 3.8) is 0 Å². The number of allylic oxidation sites excluding steroid dienone is 1. The van der Waals surface area contributed by atoms with Gasteiger partial charge in [0.25, 0.3) is 0 Å². The Morgan fingerprint density at radius 2 is 1.71 bits per heavy atom. The lowest BCUT2D eigenvalue weighted by Gasteiger charge is -2.35. The Labute approximate surface area is 241 Å². The molecule has 0 amide bonds. The number of pyridine rings is 1. The van der Waals surface area contributed by atoms with E-state index in [9.17, 15) is 28.0 Å². The standard InChI is InChI=1S/C28H20ClF3N4O4S/c1-39-26(37)22-21(15-6-4-3-5-7-15)19(13-33)24(34)36(23(22)27(38)40-2)17-8-10-18(11-9-17)41-25-20(29)12-16(14-35-25)28(30,31)32/h3-12,14,21H,34H2,1-2H3. The molecule has 1 aliphatic rings. The third-order valence-corrected chi connectivity index (χ3v) is 7.48. The molecule has 2 aromatic carbocycles. The van der Waals surface area contributed by atoms with Gasteiger partial charge in [-0.2, -0.15) is 18.4 Å². The topological polar surface area (TPSA) is 119 Å². The first kappa shape index (κ1) is 29.5. The van der Waals surface area contributed by atoms with Gasteiger partial charge < -0.3 is 15.2 Å². The van der Waals surface area contributed by atoms with Crippen molar-refractivity contribution in [2.45, 2.75) is 22.0 Å². The molecule has 8 nitrogen and oxygen atoms in total. The van der Waals surface area contributed by atoms with E-state index >= 15 is 0 Å². The number of benzene rings is 2. The smallest absolute Gasteiger partial charge is 0.417 e. The maximum atomic E-state index is 13.1. The summed E-state index contributed by atoms with van der Waals surface area (Å²) in [4.78, 5) is 31.9. The van der Waals surface area contributed by atoms with Crippen LogP contribution in [0, 0.1) is 11.3 Å². The summed E-state index contributed by atoms with van der Waals surface area (Å²) in [7, 11) is 2.29. The number of anilines is 1. The fourth-order valence-electron chi connectivity index (χ4n) is 4.21. The number of carbonyl (C=O) groups is 2. The third-order valence-electron chi connectivity index (χ3n) is 6.05. The van der Waals surface area contributed by atoms with Crippen molar-refractivity contribution < 1.29 is 32.2 Å². The second-order valence-corrected chi connectivity index (χ2v) is 9.91. The Morgan fingerprint density at radius 1 is 1.07 bits per heavy atom. The van der Waals surface area contributed by atoms with Crippen LogP contribution in [-0.2, 0) is 25.2 Å². The predicted octanol–water partition coefficient (Wildman–Crippen LogP) is 5.80. The minimum absolute atomic E-state index is 0.00319. The summed E-state index contributed by atoms with van der Waals surface area (Å²) in [5.41, 5.74) is 5.95. The van der Waals surface area contributed by atoms with Gasteiger partial charge in [0, 0.05) is 16.8 Å². The van der Waals surface area contributed by atoms with Crippen molar-refractivity contribution in [3.05, 3.63) is 106 Å². The van der Waals surface area contributed by atoms with Gasteiger partial charge in [-0.05, 0) is 35.9 Å². The zero-order valence-corrected chi connectivity index (χ0v) is 23.0. The molecule has 4 rings (SSSR count). The highest BCUT2D eigenvalue weighted by molar-refractivity contribution is 7.99. The van der Waals surface area contributed by atoms with E-state index < -0.39 is 29.6 Å². The van der Waals surface area contributed by atoms with Gasteiger partial charge in [0.1, 0.15) is 16.5 Å². The van der Waals surface area contributed by atoms with Crippen LogP contribution in [-0.4, -0.2) is 31.1 Å². The third kappa shape index (κ3) is 5.86. The Kier molecular flexibility index (Phi) is 8.60. The predicted molar refractivity (Wildman–Crippen MR) is 144 cm³/mol. The number of alkyl halides is 3. The minimum Gasteiger partial charge on any atom is -0.466 e. The van der Waals surface area contributed by atoms with Crippen LogP contribution in [0.1, 0.15) is 17.0 Å². The molecule has 0 radical (unpaired) electrons. The van der Waals surface area contributed by atoms with Crippen molar-refractivity contribution in [2.24, 2.45) is 5.73 Å². The van der Waals surface area contributed by atoms with Crippen LogP contribution in [0.15, 0.2) is 99.4 Å². The van der Waals surface area contributed by atoms with Crippen molar-refractivity contribution in [2.75, 3.05) is 19.1 Å². The van der Waals surface area contributed by atoms with Crippen LogP contribution >= 0.6 is 23.4 Å². The molecule has 1 aliphatic heterocycles. The SMILES string of the molecule is COC(=O)C1=C(C(=O)OC)N(c2ccc(Sc3ncc(C(F)(F)F)cc3Cl)cc2)C(N)=C(C#N)C1c1ccccc1. The van der Waals surface area contributed by atoms with Crippen LogP contribution in [0.4, 0.5) is 18.9 Å². The van der Waals surface area contributed by atoms with Gasteiger partial charge in [0.2, 0.25) is 0 Å². The number of nitrogens with two attached hydrogens (primary N) is 1. The maximum absolute atomic E-state index is 13.1. The van der Waals surface area contributed by atoms with E-state index in [0.717, 1.165) is 32.0 Å². The zero-order chi connectivity index (χ0) is 29.9. The first-order chi connectivity index (χ1) is 19.5. The van der Waals surface area contributed by atoms with Gasteiger partial charge in [-0.3, -0.25) is 4.90 Å². The average Bonchev–Trinajstić information content (AvgIpc) is 2.97. The van der Waals surface area contributed by atoms with E-state index in [0.29, 0.717) is 22.3 Å². The van der Waals surface area contributed by atoms with Crippen molar-refractivity contribution in [1.82, 2.24) is 4.98 Å². The first-order valence-corrected chi connectivity index (χ1v) is 12.9. The minimum atomic E-state index is -4.58. The Morgan fingerprint density at radius 3 is 2.24 bits per heavy atom. The molecule has 1 aromatic heterocycles. The number of nitrogens with zero attached hydrogens (tertiary/aromatic N) is 3. The molecule has 0 saturated heterocycles. The molecule has 0 aliphatic carbocycles. The van der Waals surface area contributed by atoms with Gasteiger partial charge in [0.05, 0.1) is 47.9 Å². The lowest BCUT2D eigenvalue weighted by Crippen LogP contribution is -2.40. The Bertz CT molecular complexity index is 1600. The lowest BCUT2D eigenvalue weighted by molar-refractivity contribution is -0.139. The molecule has 2 heterocycles. The number of hydrogen-bond donors (Lipinski definition) is 1. The van der Waals surface area contributed by atoms with Crippen LogP contribution in [0.3, 0.4) is 0 Å². The van der Waals surface area contributed by atoms with E-state index in [2.05, 4.69) is 11.1 Å². The van der Waals surface area contributed by atoms with Crippen molar-refractivity contribution in [1.29, 1.82) is 5.26 Å². The van der Waals surface area contributed by atoms with Crippen LogP contribution < -0.4 is 10.6 Å². The van der Waals surface area contributed by atoms with Crippen LogP contribution in [0.25, 0.3) is 0 Å². The molecular formula is C28H20ClF3N4O4S. The fourth-order valence-corrected chi connectivity index (χ4v) is 5.25. The summed E-state index contributed by atoms with van der Waals surface area (Å²) in [6.45, 7) is 0. The van der Waals surface area contributed by atoms with Gasteiger partial charge >= 0.3 is 18.1 Å². The number of esters is 2. The highest BCUT2D eigenvalue weighted by Crippen LogP contribution is 2.44. The lowest BCUT2D eigenvalue weighted by atomic mass is 9.81. The number of halogens is 4. The van der Waals surface area contributed by atoms with E-state index in [1.54, 1.807) is 54.6 Å². The second kappa shape index (κ2) is 12.0. The molecule has 210 valence electrons. The molecule has 3 aromatic rings. The molecule has 13 heteroatoms. The second-order valence-electron chi connectivity index (χ2n) is 8.44. The van der Waals surface area contributed by atoms with Crippen molar-refractivity contribution >= 4 is 41.0 Å². The molecule has 0 bridgehead atoms. The van der Waals surface area contributed by atoms with Gasteiger partial charge in [-0.15, -0.1) is 0 Å².